The number of nitrogens with zero attached hydrogens (tertiary/aromatic N) is 1. The van der Waals surface area contributed by atoms with Gasteiger partial charge in [0.25, 0.3) is 6.43 Å². The maximum atomic E-state index is 12.2. The summed E-state index contributed by atoms with van der Waals surface area (Å²) in [4.78, 5) is 15.6. The fourth-order valence-electron chi connectivity index (χ4n) is 1.97. The van der Waals surface area contributed by atoms with Gasteiger partial charge in [-0.15, -0.1) is 0 Å². The van der Waals surface area contributed by atoms with E-state index >= 15 is 0 Å². The molecule has 0 fully saturated rings. The average Bonchev–Trinajstić information content (AvgIpc) is 2.58. The van der Waals surface area contributed by atoms with E-state index in [2.05, 4.69) is 20.9 Å². The van der Waals surface area contributed by atoms with E-state index in [0.29, 0.717) is 31.3 Å². The first-order valence-electron chi connectivity index (χ1n) is 8.61. The van der Waals surface area contributed by atoms with Crippen molar-refractivity contribution in [1.29, 1.82) is 0 Å². The molecule has 0 aromatic heterocycles. The van der Waals surface area contributed by atoms with Crippen molar-refractivity contribution in [3.63, 3.8) is 0 Å². The second-order valence-corrected chi connectivity index (χ2v) is 6.63. The number of rotatable bonds is 8. The molecule has 0 saturated carbocycles. The van der Waals surface area contributed by atoms with Crippen LogP contribution in [0.4, 0.5) is 13.6 Å². The van der Waals surface area contributed by atoms with Gasteiger partial charge in [-0.2, -0.15) is 0 Å². The van der Waals surface area contributed by atoms with E-state index in [1.807, 2.05) is 6.07 Å². The third-order valence-electron chi connectivity index (χ3n) is 3.04. The van der Waals surface area contributed by atoms with E-state index in [4.69, 9.17) is 9.47 Å². The first-order valence-corrected chi connectivity index (χ1v) is 8.61. The molecule has 0 unspecified atom stereocenters. The zero-order valence-electron chi connectivity index (χ0n) is 16.1. The summed E-state index contributed by atoms with van der Waals surface area (Å²) in [6.45, 7) is 6.01. The Labute approximate surface area is 158 Å². The highest BCUT2D eigenvalue weighted by molar-refractivity contribution is 5.79. The molecule has 3 N–H and O–H groups in total. The zero-order valence-corrected chi connectivity index (χ0v) is 16.1. The largest absolute Gasteiger partial charge is 0.488 e. The highest BCUT2D eigenvalue weighted by Crippen LogP contribution is 2.14. The van der Waals surface area contributed by atoms with E-state index < -0.39 is 24.7 Å². The minimum absolute atomic E-state index is 0.368. The first-order chi connectivity index (χ1) is 12.7. The van der Waals surface area contributed by atoms with Crippen molar-refractivity contribution in [2.45, 2.75) is 39.3 Å². The lowest BCUT2D eigenvalue weighted by Gasteiger charge is -2.20. The molecule has 7 nitrogen and oxygen atoms in total. The minimum Gasteiger partial charge on any atom is -0.488 e. The van der Waals surface area contributed by atoms with Crippen LogP contribution in [0.3, 0.4) is 0 Å². The number of carbonyl (C=O) groups is 1. The first kappa shape index (κ1) is 22.5. The van der Waals surface area contributed by atoms with Crippen LogP contribution in [0.25, 0.3) is 0 Å². The molecule has 0 aliphatic heterocycles. The lowest BCUT2D eigenvalue weighted by molar-refractivity contribution is 0.0529. The molecule has 0 saturated heterocycles. The number of amides is 1. The van der Waals surface area contributed by atoms with Crippen LogP contribution in [0.15, 0.2) is 29.3 Å². The molecule has 27 heavy (non-hydrogen) atoms. The van der Waals surface area contributed by atoms with Gasteiger partial charge in [-0.05, 0) is 38.5 Å². The molecule has 0 aliphatic rings. The molecular formula is C18H28F2N4O3. The van der Waals surface area contributed by atoms with E-state index in [9.17, 15) is 13.6 Å². The van der Waals surface area contributed by atoms with Crippen molar-refractivity contribution in [1.82, 2.24) is 16.0 Å². The van der Waals surface area contributed by atoms with E-state index in [0.717, 1.165) is 5.56 Å². The molecule has 0 spiro atoms. The van der Waals surface area contributed by atoms with Crippen LogP contribution in [-0.4, -0.2) is 50.8 Å². The Hall–Kier alpha value is -2.58. The van der Waals surface area contributed by atoms with Crippen molar-refractivity contribution in [3.05, 3.63) is 29.8 Å². The molecule has 0 bridgehead atoms. The maximum Gasteiger partial charge on any atom is 0.407 e. The fraction of sp³-hybridized carbons (Fsp3) is 0.556. The molecule has 0 atom stereocenters. The summed E-state index contributed by atoms with van der Waals surface area (Å²) >= 11 is 0. The molecule has 1 aromatic rings. The smallest absolute Gasteiger partial charge is 0.407 e. The number of hydrogen-bond acceptors (Lipinski definition) is 4. The number of guanidine groups is 1. The maximum absolute atomic E-state index is 12.2. The van der Waals surface area contributed by atoms with Crippen molar-refractivity contribution in [3.8, 4) is 5.75 Å². The number of ether oxygens (including phenoxy) is 2. The topological polar surface area (TPSA) is 84.0 Å². The zero-order chi connectivity index (χ0) is 20.3. The summed E-state index contributed by atoms with van der Waals surface area (Å²) in [7, 11) is 1.62. The molecule has 0 heterocycles. The molecule has 1 rings (SSSR count). The Balaban J connectivity index is 2.34. The average molecular weight is 386 g/mol. The Morgan fingerprint density at radius 1 is 1.19 bits per heavy atom. The van der Waals surface area contributed by atoms with Crippen LogP contribution in [0.2, 0.25) is 0 Å². The highest BCUT2D eigenvalue weighted by atomic mass is 19.3. The summed E-state index contributed by atoms with van der Waals surface area (Å²) < 4.78 is 34.5. The molecule has 9 heteroatoms. The van der Waals surface area contributed by atoms with Gasteiger partial charge in [-0.25, -0.2) is 13.6 Å². The summed E-state index contributed by atoms with van der Waals surface area (Å²) in [6, 6.07) is 6.90. The van der Waals surface area contributed by atoms with Crippen molar-refractivity contribution in [2.24, 2.45) is 4.99 Å². The van der Waals surface area contributed by atoms with Crippen LogP contribution in [0, 0.1) is 0 Å². The number of alkyl halides is 2. The molecule has 152 valence electrons. The lowest BCUT2D eigenvalue weighted by atomic mass is 10.2. The van der Waals surface area contributed by atoms with Crippen molar-refractivity contribution >= 4 is 12.1 Å². The summed E-state index contributed by atoms with van der Waals surface area (Å²) in [5, 5.41) is 8.78. The predicted octanol–water partition coefficient (Wildman–Crippen LogP) is 2.52. The Morgan fingerprint density at radius 2 is 1.89 bits per heavy atom. The number of carbonyl (C=O) groups excluding carboxylic acids is 1. The van der Waals surface area contributed by atoms with Gasteiger partial charge in [0.2, 0.25) is 0 Å². The van der Waals surface area contributed by atoms with Crippen LogP contribution in [0.5, 0.6) is 5.75 Å². The van der Waals surface area contributed by atoms with Crippen LogP contribution >= 0.6 is 0 Å². The number of aliphatic imine (C=N–C) groups is 1. The number of alkyl carbamates (subject to hydrolysis) is 1. The summed E-state index contributed by atoms with van der Waals surface area (Å²) in [5.74, 6) is 0.930. The van der Waals surface area contributed by atoms with Gasteiger partial charge in [0, 0.05) is 26.7 Å². The standard InChI is InChI=1S/C18H28F2N4O3/c1-18(2,3)27-17(25)23-9-8-22-16(21-4)24-11-13-6-5-7-14(10-13)26-12-15(19)20/h5-7,10,15H,8-9,11-12H2,1-4H3,(H,23,25)(H2,21,22,24). The van der Waals surface area contributed by atoms with Crippen molar-refractivity contribution < 1.29 is 23.0 Å². The Bertz CT molecular complexity index is 619. The van der Waals surface area contributed by atoms with Crippen molar-refractivity contribution in [2.75, 3.05) is 26.7 Å². The second-order valence-electron chi connectivity index (χ2n) is 6.63. The highest BCUT2D eigenvalue weighted by Gasteiger charge is 2.15. The van der Waals surface area contributed by atoms with Gasteiger partial charge in [0.1, 0.15) is 18.0 Å². The lowest BCUT2D eigenvalue weighted by Crippen LogP contribution is -2.42. The van der Waals surface area contributed by atoms with Gasteiger partial charge in [-0.3, -0.25) is 4.99 Å². The quantitative estimate of drug-likeness (QED) is 0.363. The fourth-order valence-corrected chi connectivity index (χ4v) is 1.97. The Morgan fingerprint density at radius 3 is 2.52 bits per heavy atom. The minimum atomic E-state index is -2.51. The Kier molecular flexibility index (Phi) is 9.32. The van der Waals surface area contributed by atoms with E-state index in [1.165, 1.54) is 0 Å². The van der Waals surface area contributed by atoms with Gasteiger partial charge < -0.3 is 25.4 Å². The van der Waals surface area contributed by atoms with E-state index in [-0.39, 0.29) is 0 Å². The third-order valence-corrected chi connectivity index (χ3v) is 3.04. The van der Waals surface area contributed by atoms with Gasteiger partial charge in [-0.1, -0.05) is 12.1 Å². The van der Waals surface area contributed by atoms with E-state index in [1.54, 1.807) is 46.0 Å². The summed E-state index contributed by atoms with van der Waals surface area (Å²) in [6.07, 6.45) is -2.99. The number of halogens is 2. The van der Waals surface area contributed by atoms with Gasteiger partial charge >= 0.3 is 6.09 Å². The molecule has 0 aliphatic carbocycles. The second kappa shape index (κ2) is 11.2. The van der Waals surface area contributed by atoms with Crippen LogP contribution in [0.1, 0.15) is 26.3 Å². The van der Waals surface area contributed by atoms with Crippen LogP contribution < -0.4 is 20.7 Å². The molecule has 1 amide bonds. The van der Waals surface area contributed by atoms with Crippen LogP contribution in [-0.2, 0) is 11.3 Å². The molecule has 1 aromatic carbocycles. The van der Waals surface area contributed by atoms with Gasteiger partial charge in [0.15, 0.2) is 5.96 Å². The number of benzene rings is 1. The number of hydrogen-bond donors (Lipinski definition) is 3. The number of nitrogens with one attached hydrogen (secondary N) is 3. The summed E-state index contributed by atoms with van der Waals surface area (Å²) in [5.41, 5.74) is 0.319. The molecular weight excluding hydrogens is 358 g/mol. The monoisotopic (exact) mass is 386 g/mol. The SMILES string of the molecule is CN=C(NCCNC(=O)OC(C)(C)C)NCc1cccc(OCC(F)F)c1. The normalized spacial score (nSPS) is 11.9. The third kappa shape index (κ3) is 10.9. The molecule has 0 radical (unpaired) electrons. The predicted molar refractivity (Wildman–Crippen MR) is 100 cm³/mol. The van der Waals surface area contributed by atoms with Gasteiger partial charge in [0.05, 0.1) is 0 Å².